The molecule has 1 heterocycles. The number of rotatable bonds is 2. The molecule has 0 radical (unpaired) electrons. The van der Waals surface area contributed by atoms with Gasteiger partial charge in [-0.15, -0.1) is 0 Å². The van der Waals surface area contributed by atoms with Crippen molar-refractivity contribution < 1.29 is 9.13 Å². The van der Waals surface area contributed by atoms with Crippen LogP contribution in [0.15, 0.2) is 35.5 Å². The van der Waals surface area contributed by atoms with Crippen LogP contribution in [0.5, 0.6) is 5.75 Å². The molecule has 1 aromatic carbocycles. The number of nitrogen functional groups attached to an aromatic ring is 1. The van der Waals surface area contributed by atoms with E-state index in [-0.39, 0.29) is 5.69 Å². The minimum absolute atomic E-state index is 0.00378. The molecule has 2 rings (SSSR count). The van der Waals surface area contributed by atoms with E-state index in [1.165, 1.54) is 24.4 Å². The summed E-state index contributed by atoms with van der Waals surface area (Å²) in [5.41, 5.74) is 11.4. The molecule has 6 heteroatoms. The topological polar surface area (TPSA) is 76.9 Å². The highest BCUT2D eigenvalue weighted by Gasteiger charge is 2.31. The quantitative estimate of drug-likeness (QED) is 0.590. The normalized spacial score (nSPS) is 22.9. The summed E-state index contributed by atoms with van der Waals surface area (Å²) in [5.74, 6) is -1.48. The van der Waals surface area contributed by atoms with Crippen molar-refractivity contribution in [2.45, 2.75) is 5.97 Å². The number of benzene rings is 1. The molecule has 90 valence electrons. The van der Waals surface area contributed by atoms with Gasteiger partial charge in [0.2, 0.25) is 0 Å². The monoisotopic (exact) mass is 236 g/mol. The van der Waals surface area contributed by atoms with E-state index in [1.54, 1.807) is 24.2 Å². The van der Waals surface area contributed by atoms with Crippen LogP contribution in [0.3, 0.4) is 0 Å². The zero-order valence-electron chi connectivity index (χ0n) is 9.30. The zero-order valence-corrected chi connectivity index (χ0v) is 9.30. The predicted molar refractivity (Wildman–Crippen MR) is 63.8 cm³/mol. The van der Waals surface area contributed by atoms with E-state index in [2.05, 4.69) is 4.99 Å². The minimum atomic E-state index is -1.33. The highest BCUT2D eigenvalue weighted by atomic mass is 19.1. The van der Waals surface area contributed by atoms with Crippen molar-refractivity contribution in [2.24, 2.45) is 10.7 Å². The van der Waals surface area contributed by atoms with E-state index < -0.39 is 11.8 Å². The molecular weight excluding hydrogens is 223 g/mol. The second kappa shape index (κ2) is 4.06. The fourth-order valence-electron chi connectivity index (χ4n) is 1.37. The molecule has 1 unspecified atom stereocenters. The predicted octanol–water partition coefficient (Wildman–Crippen LogP) is 0.887. The van der Waals surface area contributed by atoms with Gasteiger partial charge in [0.25, 0.3) is 0 Å². The Morgan fingerprint density at radius 3 is 2.88 bits per heavy atom. The summed E-state index contributed by atoms with van der Waals surface area (Å²) < 4.78 is 18.5. The Morgan fingerprint density at radius 2 is 2.24 bits per heavy atom. The molecule has 0 saturated heterocycles. The first-order chi connectivity index (χ1) is 8.01. The largest absolute Gasteiger partial charge is 0.436 e. The molecule has 0 bridgehead atoms. The summed E-state index contributed by atoms with van der Waals surface area (Å²) in [6, 6.07) is 4.03. The first kappa shape index (κ1) is 11.4. The molecule has 1 aliphatic rings. The lowest BCUT2D eigenvalue weighted by molar-refractivity contribution is -0.0323. The van der Waals surface area contributed by atoms with Gasteiger partial charge in [-0.25, -0.2) is 9.38 Å². The van der Waals surface area contributed by atoms with Gasteiger partial charge in [-0.05, 0) is 18.2 Å². The van der Waals surface area contributed by atoms with Gasteiger partial charge in [0.1, 0.15) is 11.6 Å². The summed E-state index contributed by atoms with van der Waals surface area (Å²) in [5, 5.41) is 0. The number of ether oxygens (including phenoxy) is 1. The van der Waals surface area contributed by atoms with Crippen molar-refractivity contribution in [2.75, 3.05) is 12.8 Å². The van der Waals surface area contributed by atoms with E-state index in [0.29, 0.717) is 5.75 Å². The first-order valence-electron chi connectivity index (χ1n) is 4.99. The van der Waals surface area contributed by atoms with E-state index in [0.717, 1.165) is 0 Å². The van der Waals surface area contributed by atoms with Gasteiger partial charge in [-0.2, -0.15) is 0 Å². The smallest absolute Gasteiger partial charge is 0.343 e. The van der Waals surface area contributed by atoms with Gasteiger partial charge in [0.15, 0.2) is 0 Å². The van der Waals surface area contributed by atoms with Crippen molar-refractivity contribution in [3.63, 3.8) is 0 Å². The Bertz CT molecular complexity index is 488. The second-order valence-electron chi connectivity index (χ2n) is 3.67. The van der Waals surface area contributed by atoms with Crippen LogP contribution in [0.25, 0.3) is 0 Å². The Labute approximate surface area is 98.2 Å². The summed E-state index contributed by atoms with van der Waals surface area (Å²) in [6.45, 7) is 0. The van der Waals surface area contributed by atoms with E-state index in [9.17, 15) is 4.39 Å². The van der Waals surface area contributed by atoms with Gasteiger partial charge in [0.05, 0.1) is 5.69 Å². The van der Waals surface area contributed by atoms with Gasteiger partial charge >= 0.3 is 5.97 Å². The van der Waals surface area contributed by atoms with Crippen molar-refractivity contribution in [1.29, 1.82) is 0 Å². The van der Waals surface area contributed by atoms with Crippen molar-refractivity contribution in [3.8, 4) is 5.75 Å². The third-order valence-corrected chi connectivity index (χ3v) is 2.40. The molecule has 0 fully saturated rings. The molecule has 0 saturated carbocycles. The number of nitrogens with two attached hydrogens (primary N) is 2. The number of aliphatic imine (C=N–C) groups is 1. The van der Waals surface area contributed by atoms with E-state index in [4.69, 9.17) is 16.2 Å². The maximum Gasteiger partial charge on any atom is 0.343 e. The van der Waals surface area contributed by atoms with Crippen molar-refractivity contribution in [1.82, 2.24) is 4.90 Å². The zero-order chi connectivity index (χ0) is 12.5. The number of hydrogen-bond acceptors (Lipinski definition) is 5. The summed E-state index contributed by atoms with van der Waals surface area (Å²) >= 11 is 0. The van der Waals surface area contributed by atoms with Crippen LogP contribution in [0, 0.1) is 5.82 Å². The summed E-state index contributed by atoms with van der Waals surface area (Å²) in [6.07, 6.45) is 4.99. The van der Waals surface area contributed by atoms with Crippen LogP contribution in [-0.2, 0) is 0 Å². The standard InChI is InChI=1S/C11H13FN4O/c1-16-6-2-5-15-11(16,14)17-8-3-4-9(12)10(13)7-8/h2-7H,13-14H2,1H3. The molecule has 17 heavy (non-hydrogen) atoms. The molecular formula is C11H13FN4O. The molecule has 0 aliphatic carbocycles. The minimum Gasteiger partial charge on any atom is -0.436 e. The number of allylic oxidation sites excluding steroid dienone is 1. The molecule has 4 N–H and O–H groups in total. The molecule has 1 atom stereocenters. The van der Waals surface area contributed by atoms with Gasteiger partial charge in [-0.3, -0.25) is 5.73 Å². The molecule has 0 amide bonds. The Morgan fingerprint density at radius 1 is 1.47 bits per heavy atom. The summed E-state index contributed by atoms with van der Waals surface area (Å²) in [4.78, 5) is 5.61. The maximum atomic E-state index is 13.0. The lowest BCUT2D eigenvalue weighted by Gasteiger charge is -2.35. The highest BCUT2D eigenvalue weighted by molar-refractivity contribution is 5.72. The van der Waals surface area contributed by atoms with Crippen LogP contribution in [-0.4, -0.2) is 24.1 Å². The number of nitrogens with zero attached hydrogens (tertiary/aromatic N) is 2. The number of halogens is 1. The molecule has 5 nitrogen and oxygen atoms in total. The molecule has 1 aromatic rings. The lowest BCUT2D eigenvalue weighted by atomic mass is 10.3. The SMILES string of the molecule is CN1C=CC=NC1(N)Oc1ccc(F)c(N)c1. The second-order valence-corrected chi connectivity index (χ2v) is 3.67. The maximum absolute atomic E-state index is 13.0. The Kier molecular flexibility index (Phi) is 2.72. The third-order valence-electron chi connectivity index (χ3n) is 2.40. The van der Waals surface area contributed by atoms with Crippen LogP contribution >= 0.6 is 0 Å². The van der Waals surface area contributed by atoms with Crippen LogP contribution in [0.1, 0.15) is 0 Å². The average molecular weight is 236 g/mol. The number of hydrogen-bond donors (Lipinski definition) is 2. The fourth-order valence-corrected chi connectivity index (χ4v) is 1.37. The third kappa shape index (κ3) is 2.21. The summed E-state index contributed by atoms with van der Waals surface area (Å²) in [7, 11) is 1.72. The Balaban J connectivity index is 2.23. The van der Waals surface area contributed by atoms with Gasteiger partial charge in [-0.1, -0.05) is 0 Å². The van der Waals surface area contributed by atoms with Gasteiger partial charge < -0.3 is 15.4 Å². The van der Waals surface area contributed by atoms with Crippen LogP contribution in [0.4, 0.5) is 10.1 Å². The van der Waals surface area contributed by atoms with Gasteiger partial charge in [0, 0.05) is 25.5 Å². The molecule has 0 aromatic heterocycles. The molecule has 0 spiro atoms. The first-order valence-corrected chi connectivity index (χ1v) is 4.99. The van der Waals surface area contributed by atoms with Crippen LogP contribution < -0.4 is 16.2 Å². The van der Waals surface area contributed by atoms with Crippen molar-refractivity contribution in [3.05, 3.63) is 36.3 Å². The van der Waals surface area contributed by atoms with Crippen molar-refractivity contribution >= 4 is 11.9 Å². The van der Waals surface area contributed by atoms with E-state index in [1.807, 2.05) is 0 Å². The lowest BCUT2D eigenvalue weighted by Crippen LogP contribution is -2.56. The highest BCUT2D eigenvalue weighted by Crippen LogP contribution is 2.23. The fraction of sp³-hybridized carbons (Fsp3) is 0.182. The number of anilines is 1. The average Bonchev–Trinajstić information content (AvgIpc) is 2.28. The Hall–Kier alpha value is -2.08. The van der Waals surface area contributed by atoms with E-state index >= 15 is 0 Å². The molecule has 1 aliphatic heterocycles. The van der Waals surface area contributed by atoms with Crippen LogP contribution in [0.2, 0.25) is 0 Å².